The highest BCUT2D eigenvalue weighted by atomic mass is 16.2. The minimum Gasteiger partial charge on any atom is -0.337 e. The van der Waals surface area contributed by atoms with E-state index in [1.807, 2.05) is 4.90 Å². The Morgan fingerprint density at radius 2 is 2.00 bits per heavy atom. The molecule has 2 atom stereocenters. The van der Waals surface area contributed by atoms with Gasteiger partial charge in [-0.25, -0.2) is 0 Å². The fraction of sp³-hybridized carbons (Fsp3) is 0.900. The van der Waals surface area contributed by atoms with E-state index in [1.54, 1.807) is 6.92 Å². The summed E-state index contributed by atoms with van der Waals surface area (Å²) in [4.78, 5) is 15.8. The monoisotopic (exact) mass is 182 g/mol. The van der Waals surface area contributed by atoms with Crippen LogP contribution in [0.25, 0.3) is 0 Å². The fourth-order valence-corrected chi connectivity index (χ4v) is 2.72. The SMILES string of the molecule is CC(=O)N1C[C@@H]2C[C@H]1CN2C(C)C. The molecule has 74 valence electrons. The third-order valence-electron chi connectivity index (χ3n) is 3.35. The number of amides is 1. The van der Waals surface area contributed by atoms with Crippen LogP contribution in [0.15, 0.2) is 0 Å². The molecular weight excluding hydrogens is 164 g/mol. The first kappa shape index (κ1) is 9.00. The van der Waals surface area contributed by atoms with Crippen molar-refractivity contribution >= 4 is 5.91 Å². The van der Waals surface area contributed by atoms with Crippen molar-refractivity contribution in [3.63, 3.8) is 0 Å². The molecule has 2 bridgehead atoms. The van der Waals surface area contributed by atoms with Crippen molar-refractivity contribution in [2.24, 2.45) is 0 Å². The lowest BCUT2D eigenvalue weighted by Gasteiger charge is -2.35. The summed E-state index contributed by atoms with van der Waals surface area (Å²) in [5.74, 6) is 0.246. The van der Waals surface area contributed by atoms with Gasteiger partial charge < -0.3 is 4.90 Å². The maximum atomic E-state index is 11.2. The smallest absolute Gasteiger partial charge is 0.219 e. The minimum absolute atomic E-state index is 0.246. The molecule has 0 aromatic carbocycles. The van der Waals surface area contributed by atoms with Crippen LogP contribution in [-0.2, 0) is 4.79 Å². The highest BCUT2D eigenvalue weighted by Crippen LogP contribution is 2.31. The van der Waals surface area contributed by atoms with Crippen LogP contribution < -0.4 is 0 Å². The van der Waals surface area contributed by atoms with Crippen LogP contribution in [0.5, 0.6) is 0 Å². The Balaban J connectivity index is 2.03. The van der Waals surface area contributed by atoms with Crippen LogP contribution in [0.3, 0.4) is 0 Å². The van der Waals surface area contributed by atoms with Crippen molar-refractivity contribution < 1.29 is 4.79 Å². The van der Waals surface area contributed by atoms with E-state index in [4.69, 9.17) is 0 Å². The standard InChI is InChI=1S/C10H18N2O/c1-7(2)11-5-10-4-9(11)6-12(10)8(3)13/h7,9-10H,4-6H2,1-3H3/t9-,10-/m0/s1. The molecule has 2 aliphatic heterocycles. The topological polar surface area (TPSA) is 23.6 Å². The lowest BCUT2D eigenvalue weighted by Crippen LogP contribution is -2.50. The Bertz CT molecular complexity index is 227. The first-order valence-electron chi connectivity index (χ1n) is 5.12. The van der Waals surface area contributed by atoms with Gasteiger partial charge in [-0.15, -0.1) is 0 Å². The zero-order valence-corrected chi connectivity index (χ0v) is 8.66. The van der Waals surface area contributed by atoms with E-state index in [1.165, 1.54) is 6.42 Å². The molecule has 0 aromatic rings. The van der Waals surface area contributed by atoms with Gasteiger partial charge in [0, 0.05) is 38.1 Å². The van der Waals surface area contributed by atoms with E-state index in [0.717, 1.165) is 13.1 Å². The molecule has 2 rings (SSSR count). The van der Waals surface area contributed by atoms with Crippen LogP contribution >= 0.6 is 0 Å². The summed E-state index contributed by atoms with van der Waals surface area (Å²) in [6, 6.07) is 1.77. The molecule has 3 nitrogen and oxygen atoms in total. The Morgan fingerprint density at radius 1 is 1.31 bits per heavy atom. The van der Waals surface area contributed by atoms with Crippen molar-refractivity contribution in [2.75, 3.05) is 13.1 Å². The second kappa shape index (κ2) is 2.98. The molecule has 2 fully saturated rings. The number of nitrogens with zero attached hydrogens (tertiary/aromatic N) is 2. The van der Waals surface area contributed by atoms with E-state index in [0.29, 0.717) is 18.1 Å². The predicted octanol–water partition coefficient (Wildman–Crippen LogP) is 0.700. The van der Waals surface area contributed by atoms with Gasteiger partial charge in [0.15, 0.2) is 0 Å². The average molecular weight is 182 g/mol. The first-order chi connectivity index (χ1) is 6.09. The maximum Gasteiger partial charge on any atom is 0.219 e. The van der Waals surface area contributed by atoms with Crippen molar-refractivity contribution in [3.8, 4) is 0 Å². The Kier molecular flexibility index (Phi) is 2.06. The van der Waals surface area contributed by atoms with Crippen LogP contribution in [0, 0.1) is 0 Å². The quantitative estimate of drug-likeness (QED) is 0.596. The Hall–Kier alpha value is -0.570. The zero-order valence-electron chi connectivity index (χ0n) is 8.66. The second-order valence-electron chi connectivity index (χ2n) is 4.51. The first-order valence-corrected chi connectivity index (χ1v) is 5.12. The van der Waals surface area contributed by atoms with Gasteiger partial charge in [-0.1, -0.05) is 0 Å². The number of hydrogen-bond acceptors (Lipinski definition) is 2. The molecular formula is C10H18N2O. The summed E-state index contributed by atoms with van der Waals surface area (Å²) in [5, 5.41) is 0. The van der Waals surface area contributed by atoms with E-state index in [9.17, 15) is 4.79 Å². The van der Waals surface area contributed by atoms with Gasteiger partial charge in [0.05, 0.1) is 0 Å². The van der Waals surface area contributed by atoms with E-state index < -0.39 is 0 Å². The highest BCUT2D eigenvalue weighted by molar-refractivity contribution is 5.74. The number of hydrogen-bond donors (Lipinski definition) is 0. The molecule has 2 aliphatic rings. The third kappa shape index (κ3) is 1.35. The van der Waals surface area contributed by atoms with Crippen molar-refractivity contribution in [1.29, 1.82) is 0 Å². The summed E-state index contributed by atoms with van der Waals surface area (Å²) < 4.78 is 0. The van der Waals surface area contributed by atoms with Crippen molar-refractivity contribution in [1.82, 2.24) is 9.80 Å². The molecule has 0 saturated carbocycles. The van der Waals surface area contributed by atoms with Crippen LogP contribution in [0.1, 0.15) is 27.2 Å². The molecule has 2 saturated heterocycles. The number of piperazine rings is 1. The molecule has 0 N–H and O–H groups in total. The number of carbonyl (C=O) groups excluding carboxylic acids is 1. The largest absolute Gasteiger partial charge is 0.337 e. The third-order valence-corrected chi connectivity index (χ3v) is 3.35. The normalized spacial score (nSPS) is 33.4. The van der Waals surface area contributed by atoms with E-state index >= 15 is 0 Å². The summed E-state index contributed by atoms with van der Waals surface area (Å²) >= 11 is 0. The van der Waals surface area contributed by atoms with Gasteiger partial charge in [0.2, 0.25) is 5.91 Å². The molecule has 1 amide bonds. The molecule has 13 heavy (non-hydrogen) atoms. The van der Waals surface area contributed by atoms with Crippen LogP contribution in [-0.4, -0.2) is 46.9 Å². The number of likely N-dealkylation sites (tertiary alicyclic amines) is 2. The summed E-state index contributed by atoms with van der Waals surface area (Å²) in [7, 11) is 0. The molecule has 0 radical (unpaired) electrons. The van der Waals surface area contributed by atoms with E-state index in [2.05, 4.69) is 18.7 Å². The van der Waals surface area contributed by atoms with Gasteiger partial charge in [0.25, 0.3) is 0 Å². The predicted molar refractivity (Wildman–Crippen MR) is 51.4 cm³/mol. The summed E-state index contributed by atoms with van der Waals surface area (Å²) in [5.41, 5.74) is 0. The van der Waals surface area contributed by atoms with Crippen LogP contribution in [0.2, 0.25) is 0 Å². The van der Waals surface area contributed by atoms with E-state index in [-0.39, 0.29) is 5.91 Å². The van der Waals surface area contributed by atoms with Crippen molar-refractivity contribution in [3.05, 3.63) is 0 Å². The minimum atomic E-state index is 0.246. The van der Waals surface area contributed by atoms with Crippen LogP contribution in [0.4, 0.5) is 0 Å². The molecule has 0 spiro atoms. The van der Waals surface area contributed by atoms with Gasteiger partial charge >= 0.3 is 0 Å². The summed E-state index contributed by atoms with van der Waals surface area (Å²) in [6.45, 7) is 8.19. The zero-order chi connectivity index (χ0) is 9.59. The average Bonchev–Trinajstić information content (AvgIpc) is 2.60. The highest BCUT2D eigenvalue weighted by Gasteiger charge is 2.44. The molecule has 2 heterocycles. The molecule has 0 unspecified atom stereocenters. The summed E-state index contributed by atoms with van der Waals surface area (Å²) in [6.07, 6.45) is 1.19. The van der Waals surface area contributed by atoms with Gasteiger partial charge in [0.1, 0.15) is 0 Å². The molecule has 3 heteroatoms. The molecule has 0 aliphatic carbocycles. The maximum absolute atomic E-state index is 11.2. The fourth-order valence-electron chi connectivity index (χ4n) is 2.72. The number of carbonyl (C=O) groups is 1. The molecule has 0 aromatic heterocycles. The van der Waals surface area contributed by atoms with Gasteiger partial charge in [-0.05, 0) is 20.3 Å². The number of rotatable bonds is 1. The lowest BCUT2D eigenvalue weighted by molar-refractivity contribution is -0.131. The number of fused-ring (bicyclic) bond motifs is 2. The van der Waals surface area contributed by atoms with Crippen molar-refractivity contribution in [2.45, 2.75) is 45.3 Å². The lowest BCUT2D eigenvalue weighted by atomic mass is 10.2. The van der Waals surface area contributed by atoms with Gasteiger partial charge in [-0.2, -0.15) is 0 Å². The Morgan fingerprint density at radius 3 is 2.38 bits per heavy atom. The van der Waals surface area contributed by atoms with Gasteiger partial charge in [-0.3, -0.25) is 9.69 Å². The Labute approximate surface area is 79.7 Å². The second-order valence-corrected chi connectivity index (χ2v) is 4.51.